The van der Waals surface area contributed by atoms with Gasteiger partial charge in [0.25, 0.3) is 0 Å². The Balaban J connectivity index is 4.83. The summed E-state index contributed by atoms with van der Waals surface area (Å²) in [6.45, 7) is 3.13. The van der Waals surface area contributed by atoms with Gasteiger partial charge in [-0.1, -0.05) is 27.2 Å². The fourth-order valence-electron chi connectivity index (χ4n) is 1.55. The highest BCUT2D eigenvalue weighted by atomic mass is 19.4. The first-order valence-electron chi connectivity index (χ1n) is 6.18. The van der Waals surface area contributed by atoms with Gasteiger partial charge in [0.2, 0.25) is 5.91 Å². The van der Waals surface area contributed by atoms with Gasteiger partial charge < -0.3 is 10.0 Å². The number of carboxylic acids is 1. The summed E-state index contributed by atoms with van der Waals surface area (Å²) in [5.41, 5.74) is 0. The first-order chi connectivity index (χ1) is 8.60. The molecule has 0 heterocycles. The number of amides is 1. The molecule has 0 aliphatic carbocycles. The number of carbonyl (C=O) groups excluding carboxylic acids is 1. The summed E-state index contributed by atoms with van der Waals surface area (Å²) in [4.78, 5) is 23.4. The van der Waals surface area contributed by atoms with Crippen molar-refractivity contribution in [1.82, 2.24) is 4.90 Å². The largest absolute Gasteiger partial charge is 0.481 e. The average Bonchev–Trinajstić information content (AvgIpc) is 2.30. The molecular weight excluding hydrogens is 263 g/mol. The van der Waals surface area contributed by atoms with E-state index in [1.165, 1.54) is 13.8 Å². The molecule has 0 aliphatic rings. The predicted octanol–water partition coefficient (Wildman–Crippen LogP) is 2.53. The minimum Gasteiger partial charge on any atom is -0.481 e. The molecule has 7 heteroatoms. The third-order valence-corrected chi connectivity index (χ3v) is 2.99. The number of carbonyl (C=O) groups is 2. The highest BCUT2D eigenvalue weighted by Crippen LogP contribution is 2.21. The standard InChI is InChI=1S/C12H20F3NO3/c1-4-5-6-16(7-12(13,14)15)10(17)8(2)9(3)11(18)19/h8-9H,4-7H2,1-3H3,(H,18,19). The first kappa shape index (κ1) is 17.7. The number of alkyl halides is 3. The molecular formula is C12H20F3NO3. The lowest BCUT2D eigenvalue weighted by Gasteiger charge is -2.28. The van der Waals surface area contributed by atoms with Crippen LogP contribution in [0.4, 0.5) is 13.2 Å². The fourth-order valence-corrected chi connectivity index (χ4v) is 1.55. The zero-order chi connectivity index (χ0) is 15.2. The molecule has 0 spiro atoms. The maximum absolute atomic E-state index is 12.4. The van der Waals surface area contributed by atoms with Crippen molar-refractivity contribution in [3.05, 3.63) is 0 Å². The molecule has 0 rings (SSSR count). The minimum atomic E-state index is -4.48. The molecule has 0 aliphatic heterocycles. The molecule has 2 unspecified atom stereocenters. The van der Waals surface area contributed by atoms with E-state index >= 15 is 0 Å². The van der Waals surface area contributed by atoms with Gasteiger partial charge in [-0.15, -0.1) is 0 Å². The second-order valence-corrected chi connectivity index (χ2v) is 4.64. The summed E-state index contributed by atoms with van der Waals surface area (Å²) in [6, 6.07) is 0. The molecule has 0 bridgehead atoms. The number of unbranched alkanes of at least 4 members (excludes halogenated alkanes) is 1. The summed E-state index contributed by atoms with van der Waals surface area (Å²) in [7, 11) is 0. The minimum absolute atomic E-state index is 0.00841. The van der Waals surface area contributed by atoms with E-state index in [1.54, 1.807) is 6.92 Å². The molecule has 0 fully saturated rings. The Morgan fingerprint density at radius 3 is 2.11 bits per heavy atom. The highest BCUT2D eigenvalue weighted by molar-refractivity contribution is 5.84. The van der Waals surface area contributed by atoms with Gasteiger partial charge in [0, 0.05) is 12.5 Å². The molecule has 112 valence electrons. The molecule has 1 N–H and O–H groups in total. The Labute approximate surface area is 110 Å². The van der Waals surface area contributed by atoms with Crippen LogP contribution in [0.3, 0.4) is 0 Å². The van der Waals surface area contributed by atoms with E-state index < -0.39 is 36.4 Å². The summed E-state index contributed by atoms with van der Waals surface area (Å²) >= 11 is 0. The summed E-state index contributed by atoms with van der Waals surface area (Å²) in [5.74, 6) is -3.94. The van der Waals surface area contributed by atoms with Crippen LogP contribution in [0.25, 0.3) is 0 Å². The Hall–Kier alpha value is -1.27. The van der Waals surface area contributed by atoms with Crippen molar-refractivity contribution in [2.45, 2.75) is 39.8 Å². The monoisotopic (exact) mass is 283 g/mol. The lowest BCUT2D eigenvalue weighted by atomic mass is 9.94. The Kier molecular flexibility index (Phi) is 6.86. The molecule has 0 radical (unpaired) electrons. The second kappa shape index (κ2) is 7.35. The average molecular weight is 283 g/mol. The number of aliphatic carboxylic acids is 1. The zero-order valence-corrected chi connectivity index (χ0v) is 11.3. The maximum Gasteiger partial charge on any atom is 0.406 e. The summed E-state index contributed by atoms with van der Waals surface area (Å²) in [6.07, 6.45) is -3.37. The predicted molar refractivity (Wildman–Crippen MR) is 63.5 cm³/mol. The van der Waals surface area contributed by atoms with E-state index in [2.05, 4.69) is 0 Å². The Bertz CT molecular complexity index is 318. The number of carboxylic acid groups (broad SMARTS) is 1. The molecule has 19 heavy (non-hydrogen) atoms. The topological polar surface area (TPSA) is 57.6 Å². The number of rotatable bonds is 7. The van der Waals surface area contributed by atoms with Gasteiger partial charge in [0.1, 0.15) is 6.54 Å². The Morgan fingerprint density at radius 2 is 1.74 bits per heavy atom. The zero-order valence-electron chi connectivity index (χ0n) is 11.3. The van der Waals surface area contributed by atoms with E-state index in [4.69, 9.17) is 5.11 Å². The van der Waals surface area contributed by atoms with Gasteiger partial charge in [0.05, 0.1) is 5.92 Å². The fraction of sp³-hybridized carbons (Fsp3) is 0.833. The number of nitrogens with zero attached hydrogens (tertiary/aromatic N) is 1. The normalized spacial score (nSPS) is 14.8. The smallest absolute Gasteiger partial charge is 0.406 e. The number of halogens is 3. The van der Waals surface area contributed by atoms with Crippen LogP contribution in [0.1, 0.15) is 33.6 Å². The molecule has 0 aromatic rings. The van der Waals surface area contributed by atoms with E-state index in [0.29, 0.717) is 17.7 Å². The van der Waals surface area contributed by atoms with Crippen molar-refractivity contribution in [3.63, 3.8) is 0 Å². The molecule has 0 saturated heterocycles. The second-order valence-electron chi connectivity index (χ2n) is 4.64. The van der Waals surface area contributed by atoms with Gasteiger partial charge in [-0.3, -0.25) is 9.59 Å². The van der Waals surface area contributed by atoms with Crippen LogP contribution in [-0.4, -0.2) is 41.1 Å². The SMILES string of the molecule is CCCCN(CC(F)(F)F)C(=O)C(C)C(C)C(=O)O. The molecule has 0 aromatic heterocycles. The van der Waals surface area contributed by atoms with Crippen molar-refractivity contribution in [1.29, 1.82) is 0 Å². The first-order valence-corrected chi connectivity index (χ1v) is 6.18. The summed E-state index contributed by atoms with van der Waals surface area (Å²) < 4.78 is 37.2. The van der Waals surface area contributed by atoms with E-state index in [1.807, 2.05) is 0 Å². The van der Waals surface area contributed by atoms with Crippen molar-refractivity contribution in [3.8, 4) is 0 Å². The number of hydrogen-bond acceptors (Lipinski definition) is 2. The van der Waals surface area contributed by atoms with Crippen LogP contribution in [0.15, 0.2) is 0 Å². The third-order valence-electron chi connectivity index (χ3n) is 2.99. The van der Waals surface area contributed by atoms with Crippen LogP contribution < -0.4 is 0 Å². The van der Waals surface area contributed by atoms with Crippen LogP contribution in [0.2, 0.25) is 0 Å². The molecule has 0 saturated carbocycles. The van der Waals surface area contributed by atoms with E-state index in [-0.39, 0.29) is 6.54 Å². The van der Waals surface area contributed by atoms with Crippen LogP contribution in [0, 0.1) is 11.8 Å². The summed E-state index contributed by atoms with van der Waals surface area (Å²) in [5, 5.41) is 8.80. The van der Waals surface area contributed by atoms with Crippen LogP contribution in [0.5, 0.6) is 0 Å². The molecule has 2 atom stereocenters. The maximum atomic E-state index is 12.4. The van der Waals surface area contributed by atoms with Crippen molar-refractivity contribution >= 4 is 11.9 Å². The van der Waals surface area contributed by atoms with Crippen molar-refractivity contribution in [2.24, 2.45) is 11.8 Å². The van der Waals surface area contributed by atoms with E-state index in [0.717, 1.165) is 0 Å². The quantitative estimate of drug-likeness (QED) is 0.781. The molecule has 0 aromatic carbocycles. The van der Waals surface area contributed by atoms with Crippen LogP contribution >= 0.6 is 0 Å². The Morgan fingerprint density at radius 1 is 1.21 bits per heavy atom. The van der Waals surface area contributed by atoms with Gasteiger partial charge >= 0.3 is 12.1 Å². The van der Waals surface area contributed by atoms with Crippen LogP contribution in [-0.2, 0) is 9.59 Å². The lowest BCUT2D eigenvalue weighted by molar-refractivity contribution is -0.166. The molecule has 1 amide bonds. The van der Waals surface area contributed by atoms with E-state index in [9.17, 15) is 22.8 Å². The van der Waals surface area contributed by atoms with Gasteiger partial charge in [0.15, 0.2) is 0 Å². The number of hydrogen-bond donors (Lipinski definition) is 1. The van der Waals surface area contributed by atoms with Crippen molar-refractivity contribution in [2.75, 3.05) is 13.1 Å². The lowest BCUT2D eigenvalue weighted by Crippen LogP contribution is -2.44. The third kappa shape index (κ3) is 6.45. The van der Waals surface area contributed by atoms with Gasteiger partial charge in [-0.2, -0.15) is 13.2 Å². The highest BCUT2D eigenvalue weighted by Gasteiger charge is 2.36. The van der Waals surface area contributed by atoms with Gasteiger partial charge in [-0.25, -0.2) is 0 Å². The molecule has 4 nitrogen and oxygen atoms in total. The van der Waals surface area contributed by atoms with Gasteiger partial charge in [-0.05, 0) is 6.42 Å². The van der Waals surface area contributed by atoms with Crippen molar-refractivity contribution < 1.29 is 27.9 Å².